The molecule has 0 bridgehead atoms. The van der Waals surface area contributed by atoms with Crippen LogP contribution >= 0.6 is 11.3 Å². The van der Waals surface area contributed by atoms with Gasteiger partial charge in [-0.2, -0.15) is 0 Å². The molecule has 1 heterocycles. The summed E-state index contributed by atoms with van der Waals surface area (Å²) in [4.78, 5) is 11.9. The standard InChI is InChI=1S/C14H10FNOS/c15-11-7-5-10(6-8-11)9-16-12-3-1-2-4-13(12)18-14(16)17/h1-8H,9H2. The van der Waals surface area contributed by atoms with Crippen molar-refractivity contribution in [3.8, 4) is 0 Å². The molecule has 0 aliphatic carbocycles. The van der Waals surface area contributed by atoms with Gasteiger partial charge < -0.3 is 0 Å². The molecule has 4 heteroatoms. The van der Waals surface area contributed by atoms with Crippen molar-refractivity contribution in [3.05, 3.63) is 69.6 Å². The van der Waals surface area contributed by atoms with Crippen LogP contribution in [0.15, 0.2) is 53.3 Å². The molecule has 3 rings (SSSR count). The van der Waals surface area contributed by atoms with E-state index in [1.165, 1.54) is 23.5 Å². The number of aromatic nitrogens is 1. The van der Waals surface area contributed by atoms with Gasteiger partial charge in [0.1, 0.15) is 5.82 Å². The molecule has 0 saturated heterocycles. The summed E-state index contributed by atoms with van der Waals surface area (Å²) in [7, 11) is 0. The number of thiazole rings is 1. The lowest BCUT2D eigenvalue weighted by Crippen LogP contribution is -2.13. The third kappa shape index (κ3) is 1.95. The normalized spacial score (nSPS) is 10.9. The Balaban J connectivity index is 2.07. The highest BCUT2D eigenvalue weighted by Gasteiger charge is 2.07. The molecule has 18 heavy (non-hydrogen) atoms. The Labute approximate surface area is 107 Å². The monoisotopic (exact) mass is 259 g/mol. The van der Waals surface area contributed by atoms with E-state index < -0.39 is 0 Å². The number of rotatable bonds is 2. The summed E-state index contributed by atoms with van der Waals surface area (Å²) in [6.07, 6.45) is 0. The molecule has 1 aromatic heterocycles. The molecular weight excluding hydrogens is 249 g/mol. The summed E-state index contributed by atoms with van der Waals surface area (Å²) < 4.78 is 15.5. The summed E-state index contributed by atoms with van der Waals surface area (Å²) in [6.45, 7) is 0.475. The Morgan fingerprint density at radius 1 is 1.06 bits per heavy atom. The van der Waals surface area contributed by atoms with E-state index in [4.69, 9.17) is 0 Å². The lowest BCUT2D eigenvalue weighted by molar-refractivity contribution is 0.626. The highest BCUT2D eigenvalue weighted by atomic mass is 32.1. The van der Waals surface area contributed by atoms with Crippen LogP contribution in [-0.4, -0.2) is 4.57 Å². The van der Waals surface area contributed by atoms with Crippen LogP contribution in [-0.2, 0) is 6.54 Å². The number of nitrogens with zero attached hydrogens (tertiary/aromatic N) is 1. The summed E-state index contributed by atoms with van der Waals surface area (Å²) in [5.74, 6) is -0.263. The molecule has 0 radical (unpaired) electrons. The molecule has 90 valence electrons. The second-order valence-electron chi connectivity index (χ2n) is 4.05. The number of hydrogen-bond acceptors (Lipinski definition) is 2. The minimum atomic E-state index is -0.263. The zero-order valence-electron chi connectivity index (χ0n) is 9.47. The highest BCUT2D eigenvalue weighted by molar-refractivity contribution is 7.16. The molecule has 3 aromatic rings. The summed E-state index contributed by atoms with van der Waals surface area (Å²) in [5, 5.41) is 0. The fraction of sp³-hybridized carbons (Fsp3) is 0.0714. The first-order chi connectivity index (χ1) is 8.74. The van der Waals surface area contributed by atoms with Gasteiger partial charge in [-0.15, -0.1) is 0 Å². The number of fused-ring (bicyclic) bond motifs is 1. The van der Waals surface area contributed by atoms with Crippen molar-refractivity contribution in [2.75, 3.05) is 0 Å². The smallest absolute Gasteiger partial charge is 0.294 e. The molecule has 2 nitrogen and oxygen atoms in total. The van der Waals surface area contributed by atoms with Crippen LogP contribution < -0.4 is 4.87 Å². The Morgan fingerprint density at radius 3 is 2.56 bits per heavy atom. The third-order valence-electron chi connectivity index (χ3n) is 2.83. The lowest BCUT2D eigenvalue weighted by Gasteiger charge is -2.03. The first-order valence-corrected chi connectivity index (χ1v) is 6.38. The van der Waals surface area contributed by atoms with Crippen molar-refractivity contribution in [1.82, 2.24) is 4.57 Å². The molecule has 0 unspecified atom stereocenters. The fourth-order valence-electron chi connectivity index (χ4n) is 1.94. The van der Waals surface area contributed by atoms with Crippen LogP contribution in [0.2, 0.25) is 0 Å². The van der Waals surface area contributed by atoms with Crippen LogP contribution in [0, 0.1) is 5.82 Å². The predicted octanol–water partition coefficient (Wildman–Crippen LogP) is 3.25. The molecule has 0 saturated carbocycles. The van der Waals surface area contributed by atoms with Crippen molar-refractivity contribution in [2.45, 2.75) is 6.54 Å². The van der Waals surface area contributed by atoms with Crippen molar-refractivity contribution in [2.24, 2.45) is 0 Å². The summed E-state index contributed by atoms with van der Waals surface area (Å²) in [6, 6.07) is 13.9. The van der Waals surface area contributed by atoms with E-state index >= 15 is 0 Å². The molecule has 0 fully saturated rings. The predicted molar refractivity (Wildman–Crippen MR) is 71.6 cm³/mol. The van der Waals surface area contributed by atoms with Crippen molar-refractivity contribution in [1.29, 1.82) is 0 Å². The number of hydrogen-bond donors (Lipinski definition) is 0. The summed E-state index contributed by atoms with van der Waals surface area (Å²) >= 11 is 1.23. The van der Waals surface area contributed by atoms with Crippen LogP contribution in [0.4, 0.5) is 4.39 Å². The summed E-state index contributed by atoms with van der Waals surface area (Å²) in [5.41, 5.74) is 1.85. The van der Waals surface area contributed by atoms with Crippen molar-refractivity contribution in [3.63, 3.8) is 0 Å². The van der Waals surface area contributed by atoms with E-state index in [0.29, 0.717) is 6.54 Å². The van der Waals surface area contributed by atoms with Gasteiger partial charge in [-0.25, -0.2) is 4.39 Å². The van der Waals surface area contributed by atoms with E-state index in [1.54, 1.807) is 16.7 Å². The quantitative estimate of drug-likeness (QED) is 0.692. The maximum Gasteiger partial charge on any atom is 0.308 e. The largest absolute Gasteiger partial charge is 0.308 e. The van der Waals surface area contributed by atoms with E-state index in [1.807, 2.05) is 24.3 Å². The molecule has 0 N–H and O–H groups in total. The molecular formula is C14H10FNOS. The second-order valence-corrected chi connectivity index (χ2v) is 5.04. The Kier molecular flexibility index (Phi) is 2.72. The Morgan fingerprint density at radius 2 is 1.78 bits per heavy atom. The van der Waals surface area contributed by atoms with Crippen molar-refractivity contribution < 1.29 is 4.39 Å². The molecule has 0 amide bonds. The molecule has 0 aliphatic rings. The van der Waals surface area contributed by atoms with E-state index in [-0.39, 0.29) is 10.7 Å². The fourth-order valence-corrected chi connectivity index (χ4v) is 2.83. The molecule has 0 spiro atoms. The maximum absolute atomic E-state index is 12.8. The first-order valence-electron chi connectivity index (χ1n) is 5.57. The first kappa shape index (κ1) is 11.2. The SMILES string of the molecule is O=c1sc2ccccc2n1Cc1ccc(F)cc1. The Bertz CT molecular complexity index is 742. The van der Waals surface area contributed by atoms with Crippen LogP contribution in [0.5, 0.6) is 0 Å². The minimum absolute atomic E-state index is 0.0144. The van der Waals surface area contributed by atoms with Gasteiger partial charge in [0, 0.05) is 0 Å². The van der Waals surface area contributed by atoms with Gasteiger partial charge in [0.2, 0.25) is 0 Å². The third-order valence-corrected chi connectivity index (χ3v) is 3.79. The van der Waals surface area contributed by atoms with Gasteiger partial charge in [0.25, 0.3) is 0 Å². The molecule has 2 aromatic carbocycles. The van der Waals surface area contributed by atoms with Crippen LogP contribution in [0.3, 0.4) is 0 Å². The van der Waals surface area contributed by atoms with Gasteiger partial charge in [0.05, 0.1) is 16.8 Å². The molecule has 0 aliphatic heterocycles. The van der Waals surface area contributed by atoms with Crippen LogP contribution in [0.1, 0.15) is 5.56 Å². The maximum atomic E-state index is 12.8. The molecule has 0 atom stereocenters. The lowest BCUT2D eigenvalue weighted by atomic mass is 10.2. The average molecular weight is 259 g/mol. The van der Waals surface area contributed by atoms with Gasteiger partial charge >= 0.3 is 4.87 Å². The Hall–Kier alpha value is -1.94. The van der Waals surface area contributed by atoms with E-state index in [0.717, 1.165) is 15.8 Å². The van der Waals surface area contributed by atoms with E-state index in [2.05, 4.69) is 0 Å². The highest BCUT2D eigenvalue weighted by Crippen LogP contribution is 2.17. The second kappa shape index (κ2) is 4.38. The van der Waals surface area contributed by atoms with Crippen molar-refractivity contribution >= 4 is 21.6 Å². The zero-order chi connectivity index (χ0) is 12.5. The van der Waals surface area contributed by atoms with Gasteiger partial charge in [-0.1, -0.05) is 35.6 Å². The number of benzene rings is 2. The topological polar surface area (TPSA) is 22.0 Å². The van der Waals surface area contributed by atoms with Gasteiger partial charge in [-0.05, 0) is 29.8 Å². The minimum Gasteiger partial charge on any atom is -0.294 e. The number of halogens is 1. The number of para-hydroxylation sites is 1. The van der Waals surface area contributed by atoms with Gasteiger partial charge in [-0.3, -0.25) is 9.36 Å². The van der Waals surface area contributed by atoms with Gasteiger partial charge in [0.15, 0.2) is 0 Å². The average Bonchev–Trinajstić information content (AvgIpc) is 2.69. The van der Waals surface area contributed by atoms with Crippen LogP contribution in [0.25, 0.3) is 10.2 Å². The van der Waals surface area contributed by atoms with E-state index in [9.17, 15) is 9.18 Å². The zero-order valence-corrected chi connectivity index (χ0v) is 10.3.